The van der Waals surface area contributed by atoms with Crippen molar-refractivity contribution in [2.75, 3.05) is 6.54 Å². The van der Waals surface area contributed by atoms with Gasteiger partial charge in [-0.15, -0.1) is 0 Å². The molecular weight excluding hydrogens is 314 g/mol. The fraction of sp³-hybridized carbons (Fsp3) is 0.562. The zero-order valence-electron chi connectivity index (χ0n) is 11.6. The van der Waals surface area contributed by atoms with Crippen molar-refractivity contribution in [2.45, 2.75) is 44.1 Å². The number of hydrogen-bond donors (Lipinski definition) is 1. The van der Waals surface area contributed by atoms with Gasteiger partial charge in [0, 0.05) is 16.4 Å². The van der Waals surface area contributed by atoms with E-state index in [1.54, 1.807) is 0 Å². The Morgan fingerprint density at radius 2 is 2.10 bits per heavy atom. The summed E-state index contributed by atoms with van der Waals surface area (Å²) < 4.78 is 3.62. The third-order valence-corrected chi connectivity index (χ3v) is 5.38. The van der Waals surface area contributed by atoms with Gasteiger partial charge in [-0.1, -0.05) is 22.4 Å². The van der Waals surface area contributed by atoms with Gasteiger partial charge >= 0.3 is 0 Å². The van der Waals surface area contributed by atoms with Crippen LogP contribution in [-0.2, 0) is 0 Å². The maximum absolute atomic E-state index is 5.98. The number of imidazole rings is 1. The van der Waals surface area contributed by atoms with E-state index in [-0.39, 0.29) is 0 Å². The predicted octanol–water partition coefficient (Wildman–Crippen LogP) is 3.98. The second kappa shape index (κ2) is 4.85. The van der Waals surface area contributed by atoms with Crippen molar-refractivity contribution in [3.05, 3.63) is 28.5 Å². The van der Waals surface area contributed by atoms with Gasteiger partial charge in [0.15, 0.2) is 0 Å². The number of hydrogen-bond acceptors (Lipinski definition) is 2. The largest absolute Gasteiger partial charge is 0.330 e. The molecule has 0 spiro atoms. The molecule has 2 atom stereocenters. The number of halogens is 1. The van der Waals surface area contributed by atoms with Crippen LogP contribution < -0.4 is 5.73 Å². The maximum atomic E-state index is 5.98. The van der Waals surface area contributed by atoms with E-state index in [2.05, 4.69) is 38.7 Å². The third kappa shape index (κ3) is 2.01. The minimum Gasteiger partial charge on any atom is -0.330 e. The lowest BCUT2D eigenvalue weighted by Gasteiger charge is -2.19. The molecule has 2 aliphatic carbocycles. The van der Waals surface area contributed by atoms with Gasteiger partial charge in [0.1, 0.15) is 5.82 Å². The quantitative estimate of drug-likeness (QED) is 0.923. The van der Waals surface area contributed by atoms with Crippen molar-refractivity contribution in [1.82, 2.24) is 9.55 Å². The average Bonchev–Trinajstić information content (AvgIpc) is 3.05. The summed E-state index contributed by atoms with van der Waals surface area (Å²) in [5.74, 6) is 2.48. The van der Waals surface area contributed by atoms with Crippen LogP contribution in [0.25, 0.3) is 11.0 Å². The lowest BCUT2D eigenvalue weighted by molar-refractivity contribution is 0.461. The number of benzene rings is 1. The van der Waals surface area contributed by atoms with Crippen molar-refractivity contribution in [1.29, 1.82) is 0 Å². The first-order chi connectivity index (χ1) is 9.78. The predicted molar refractivity (Wildman–Crippen MR) is 84.8 cm³/mol. The zero-order chi connectivity index (χ0) is 13.7. The van der Waals surface area contributed by atoms with E-state index in [0.29, 0.717) is 17.9 Å². The lowest BCUT2D eigenvalue weighted by atomic mass is 9.95. The normalized spacial score (nSPS) is 26.5. The Bertz CT molecular complexity index is 644. The van der Waals surface area contributed by atoms with E-state index in [4.69, 9.17) is 10.7 Å². The van der Waals surface area contributed by atoms with Gasteiger partial charge in [-0.2, -0.15) is 0 Å². The van der Waals surface area contributed by atoms with E-state index in [9.17, 15) is 0 Å². The van der Waals surface area contributed by atoms with Gasteiger partial charge in [-0.3, -0.25) is 0 Å². The molecule has 2 aliphatic rings. The maximum Gasteiger partial charge on any atom is 0.113 e. The number of nitrogens with two attached hydrogens (primary N) is 1. The molecule has 4 rings (SSSR count). The van der Waals surface area contributed by atoms with E-state index < -0.39 is 0 Å². The smallest absolute Gasteiger partial charge is 0.113 e. The van der Waals surface area contributed by atoms with Crippen LogP contribution in [0, 0.1) is 5.92 Å². The van der Waals surface area contributed by atoms with Crippen LogP contribution in [0.5, 0.6) is 0 Å². The van der Waals surface area contributed by atoms with Gasteiger partial charge in [0.25, 0.3) is 0 Å². The van der Waals surface area contributed by atoms with Crippen LogP contribution in [0.3, 0.4) is 0 Å². The molecule has 3 nitrogen and oxygen atoms in total. The summed E-state index contributed by atoms with van der Waals surface area (Å²) in [4.78, 5) is 4.99. The van der Waals surface area contributed by atoms with Gasteiger partial charge in [-0.05, 0) is 56.3 Å². The molecule has 106 valence electrons. The van der Waals surface area contributed by atoms with Gasteiger partial charge in [0.05, 0.1) is 11.0 Å². The van der Waals surface area contributed by atoms with Crippen LogP contribution >= 0.6 is 15.9 Å². The molecule has 20 heavy (non-hydrogen) atoms. The number of rotatable bonds is 3. The molecule has 4 heteroatoms. The highest BCUT2D eigenvalue weighted by Gasteiger charge is 2.35. The molecule has 1 aromatic heterocycles. The molecule has 2 N–H and O–H groups in total. The summed E-state index contributed by atoms with van der Waals surface area (Å²) >= 11 is 3.56. The highest BCUT2D eigenvalue weighted by atomic mass is 79.9. The molecular formula is C16H20BrN3. The molecule has 0 radical (unpaired) electrons. The molecule has 0 aliphatic heterocycles. The Morgan fingerprint density at radius 3 is 2.85 bits per heavy atom. The van der Waals surface area contributed by atoms with E-state index in [1.165, 1.54) is 43.4 Å². The average molecular weight is 334 g/mol. The van der Waals surface area contributed by atoms with Crippen molar-refractivity contribution in [2.24, 2.45) is 11.7 Å². The second-order valence-corrected chi connectivity index (χ2v) is 7.15. The zero-order valence-corrected chi connectivity index (χ0v) is 13.1. The molecule has 2 aromatic rings. The summed E-state index contributed by atoms with van der Waals surface area (Å²) in [6.07, 6.45) is 6.41. The van der Waals surface area contributed by atoms with Crippen molar-refractivity contribution in [3.63, 3.8) is 0 Å². The summed E-state index contributed by atoms with van der Waals surface area (Å²) in [6, 6.07) is 7.15. The highest BCUT2D eigenvalue weighted by molar-refractivity contribution is 9.10. The molecule has 1 heterocycles. The molecule has 1 aromatic carbocycles. The monoisotopic (exact) mass is 333 g/mol. The van der Waals surface area contributed by atoms with E-state index in [0.717, 1.165) is 16.5 Å². The van der Waals surface area contributed by atoms with Crippen molar-refractivity contribution in [3.8, 4) is 0 Å². The summed E-state index contributed by atoms with van der Waals surface area (Å²) in [5.41, 5.74) is 8.41. The summed E-state index contributed by atoms with van der Waals surface area (Å²) in [5, 5.41) is 0. The molecule has 0 bridgehead atoms. The highest BCUT2D eigenvalue weighted by Crippen LogP contribution is 2.45. The third-order valence-electron chi connectivity index (χ3n) is 4.88. The topological polar surface area (TPSA) is 43.8 Å². The van der Waals surface area contributed by atoms with Gasteiger partial charge < -0.3 is 10.3 Å². The molecule has 2 unspecified atom stereocenters. The Morgan fingerprint density at radius 1 is 1.25 bits per heavy atom. The van der Waals surface area contributed by atoms with Gasteiger partial charge in [-0.25, -0.2) is 4.98 Å². The Labute approximate surface area is 127 Å². The number of aromatic nitrogens is 2. The number of nitrogens with zero attached hydrogens (tertiary/aromatic N) is 2. The lowest BCUT2D eigenvalue weighted by Crippen LogP contribution is -2.20. The van der Waals surface area contributed by atoms with Crippen LogP contribution in [0.2, 0.25) is 0 Å². The standard InChI is InChI=1S/C16H20BrN3/c17-11-4-7-15-14(8-11)19-16(20(15)12-5-6-12)13-3-1-2-10(13)9-18/h4,7-8,10,12-13H,1-3,5-6,9,18H2. The Balaban J connectivity index is 1.87. The minimum absolute atomic E-state index is 0.562. The van der Waals surface area contributed by atoms with Crippen LogP contribution in [0.15, 0.2) is 22.7 Å². The van der Waals surface area contributed by atoms with E-state index >= 15 is 0 Å². The first kappa shape index (κ1) is 12.8. The first-order valence-electron chi connectivity index (χ1n) is 7.65. The van der Waals surface area contributed by atoms with E-state index in [1.807, 2.05) is 0 Å². The Hall–Kier alpha value is -0.870. The van der Waals surface area contributed by atoms with Gasteiger partial charge in [0.2, 0.25) is 0 Å². The molecule has 0 amide bonds. The molecule has 2 fully saturated rings. The van der Waals surface area contributed by atoms with Crippen LogP contribution in [-0.4, -0.2) is 16.1 Å². The first-order valence-corrected chi connectivity index (χ1v) is 8.44. The fourth-order valence-corrected chi connectivity index (χ4v) is 4.08. The van der Waals surface area contributed by atoms with Crippen LogP contribution in [0.1, 0.15) is 49.9 Å². The minimum atomic E-state index is 0.562. The summed E-state index contributed by atoms with van der Waals surface area (Å²) in [7, 11) is 0. The fourth-order valence-electron chi connectivity index (χ4n) is 3.73. The second-order valence-electron chi connectivity index (χ2n) is 6.24. The number of fused-ring (bicyclic) bond motifs is 1. The van der Waals surface area contributed by atoms with Crippen molar-refractivity contribution >= 4 is 27.0 Å². The SMILES string of the molecule is NCC1CCCC1c1nc2cc(Br)ccc2n1C1CC1. The van der Waals surface area contributed by atoms with Crippen LogP contribution in [0.4, 0.5) is 0 Å². The Kier molecular flexibility index (Phi) is 3.11. The van der Waals surface area contributed by atoms with Crippen molar-refractivity contribution < 1.29 is 0 Å². The molecule has 0 saturated heterocycles. The summed E-state index contributed by atoms with van der Waals surface area (Å²) in [6.45, 7) is 0.794. The molecule has 2 saturated carbocycles.